The van der Waals surface area contributed by atoms with Crippen LogP contribution in [0.3, 0.4) is 0 Å². The quantitative estimate of drug-likeness (QED) is 0.336. The molecule has 0 aromatic rings. The van der Waals surface area contributed by atoms with Gasteiger partial charge < -0.3 is 5.32 Å². The van der Waals surface area contributed by atoms with Crippen LogP contribution >= 0.6 is 12.2 Å². The van der Waals surface area contributed by atoms with Crippen LogP contribution in [-0.4, -0.2) is 58.4 Å². The molecule has 93 valence electrons. The number of nitrogens with one attached hydrogen (secondary N) is 1. The molecule has 1 N–H and O–H groups in total. The first-order valence-electron chi connectivity index (χ1n) is 5.81. The SMILES string of the molecule is CN1C(=O)C(C)(C2=CCCCC2)C(=O)NC1=S.[Na]. The molecule has 2 rings (SSSR count). The second-order valence-electron chi connectivity index (χ2n) is 4.72. The topological polar surface area (TPSA) is 49.4 Å². The second-order valence-corrected chi connectivity index (χ2v) is 5.11. The van der Waals surface area contributed by atoms with E-state index in [4.69, 9.17) is 12.2 Å². The number of carbonyl (C=O) groups is 2. The molecule has 1 aliphatic carbocycles. The minimum Gasteiger partial charge on any atom is -0.301 e. The van der Waals surface area contributed by atoms with Gasteiger partial charge in [-0.1, -0.05) is 6.08 Å². The van der Waals surface area contributed by atoms with Crippen LogP contribution in [-0.2, 0) is 9.59 Å². The average Bonchev–Trinajstić information content (AvgIpc) is 2.35. The van der Waals surface area contributed by atoms with Gasteiger partial charge in [0, 0.05) is 36.6 Å². The Hall–Kier alpha value is -0.230. The van der Waals surface area contributed by atoms with E-state index < -0.39 is 5.41 Å². The zero-order chi connectivity index (χ0) is 12.6. The molecule has 0 saturated carbocycles. The van der Waals surface area contributed by atoms with Gasteiger partial charge in [0.05, 0.1) is 0 Å². The van der Waals surface area contributed by atoms with Gasteiger partial charge in [-0.05, 0) is 50.4 Å². The van der Waals surface area contributed by atoms with Crippen LogP contribution in [0, 0.1) is 5.41 Å². The van der Waals surface area contributed by atoms with E-state index in [0.29, 0.717) is 0 Å². The number of amides is 2. The van der Waals surface area contributed by atoms with Gasteiger partial charge in [-0.2, -0.15) is 0 Å². The molecule has 1 atom stereocenters. The van der Waals surface area contributed by atoms with E-state index in [9.17, 15) is 9.59 Å². The molecule has 18 heavy (non-hydrogen) atoms. The van der Waals surface area contributed by atoms with Gasteiger partial charge in [-0.3, -0.25) is 14.5 Å². The van der Waals surface area contributed by atoms with Crippen molar-refractivity contribution in [3.05, 3.63) is 11.6 Å². The van der Waals surface area contributed by atoms with E-state index in [1.165, 1.54) is 4.90 Å². The zero-order valence-corrected chi connectivity index (χ0v) is 13.9. The predicted molar refractivity (Wildman–Crippen MR) is 73.9 cm³/mol. The van der Waals surface area contributed by atoms with Crippen molar-refractivity contribution >= 4 is 58.7 Å². The monoisotopic (exact) mass is 275 g/mol. The van der Waals surface area contributed by atoms with Gasteiger partial charge >= 0.3 is 0 Å². The Morgan fingerprint density at radius 3 is 2.61 bits per heavy atom. The van der Waals surface area contributed by atoms with Gasteiger partial charge in [0.1, 0.15) is 5.41 Å². The van der Waals surface area contributed by atoms with Crippen molar-refractivity contribution < 1.29 is 9.59 Å². The van der Waals surface area contributed by atoms with E-state index in [1.807, 2.05) is 6.08 Å². The van der Waals surface area contributed by atoms with Gasteiger partial charge in [-0.15, -0.1) is 0 Å². The maximum Gasteiger partial charge on any atom is 0.248 e. The first-order chi connectivity index (χ1) is 7.98. The Morgan fingerprint density at radius 2 is 2.06 bits per heavy atom. The van der Waals surface area contributed by atoms with Crippen LogP contribution in [0.1, 0.15) is 32.6 Å². The number of nitrogens with zero attached hydrogens (tertiary/aromatic N) is 1. The van der Waals surface area contributed by atoms with Crippen LogP contribution in [0.4, 0.5) is 0 Å². The molecule has 1 fully saturated rings. The summed E-state index contributed by atoms with van der Waals surface area (Å²) in [6, 6.07) is 0. The van der Waals surface area contributed by atoms with Gasteiger partial charge in [0.25, 0.3) is 0 Å². The van der Waals surface area contributed by atoms with Crippen molar-refractivity contribution in [2.45, 2.75) is 32.6 Å². The smallest absolute Gasteiger partial charge is 0.248 e. The average molecular weight is 275 g/mol. The van der Waals surface area contributed by atoms with E-state index in [1.54, 1.807) is 14.0 Å². The van der Waals surface area contributed by atoms with Gasteiger partial charge in [0.15, 0.2) is 5.11 Å². The summed E-state index contributed by atoms with van der Waals surface area (Å²) in [6.07, 6.45) is 5.96. The zero-order valence-electron chi connectivity index (χ0n) is 11.1. The normalized spacial score (nSPS) is 28.4. The fraction of sp³-hybridized carbons (Fsp3) is 0.583. The van der Waals surface area contributed by atoms with Gasteiger partial charge in [-0.25, -0.2) is 0 Å². The van der Waals surface area contributed by atoms with E-state index in [2.05, 4.69) is 5.32 Å². The summed E-state index contributed by atoms with van der Waals surface area (Å²) in [5.41, 5.74) is -0.141. The summed E-state index contributed by atoms with van der Waals surface area (Å²) in [7, 11) is 1.60. The third-order valence-corrected chi connectivity index (χ3v) is 4.02. The molecule has 1 radical (unpaired) electrons. The van der Waals surface area contributed by atoms with Crippen molar-refractivity contribution in [2.24, 2.45) is 5.41 Å². The van der Waals surface area contributed by atoms with Crippen LogP contribution in [0.15, 0.2) is 11.6 Å². The third-order valence-electron chi connectivity index (χ3n) is 3.64. The summed E-state index contributed by atoms with van der Waals surface area (Å²) in [5, 5.41) is 2.79. The van der Waals surface area contributed by atoms with Crippen LogP contribution in [0.25, 0.3) is 0 Å². The third kappa shape index (κ3) is 2.41. The Balaban J connectivity index is 0.00000162. The number of hydrogen-bond donors (Lipinski definition) is 1. The molecule has 1 aliphatic heterocycles. The van der Waals surface area contributed by atoms with Crippen molar-refractivity contribution in [3.8, 4) is 0 Å². The number of allylic oxidation sites excluding steroid dienone is 1. The minimum absolute atomic E-state index is 0. The molecule has 4 nitrogen and oxygen atoms in total. The molecule has 2 aliphatic rings. The molecule has 1 heterocycles. The summed E-state index contributed by atoms with van der Waals surface area (Å²) in [6.45, 7) is 1.69. The molecule has 0 bridgehead atoms. The van der Waals surface area contributed by atoms with Crippen LogP contribution in [0.5, 0.6) is 0 Å². The molecule has 6 heteroatoms. The number of carbonyl (C=O) groups excluding carboxylic acids is 2. The second kappa shape index (κ2) is 5.82. The summed E-state index contributed by atoms with van der Waals surface area (Å²) in [4.78, 5) is 25.8. The van der Waals surface area contributed by atoms with Crippen molar-refractivity contribution in [1.82, 2.24) is 10.2 Å². The molecule has 1 unspecified atom stereocenters. The van der Waals surface area contributed by atoms with Gasteiger partial charge in [0.2, 0.25) is 11.8 Å². The number of hydrogen-bond acceptors (Lipinski definition) is 3. The van der Waals surface area contributed by atoms with Crippen molar-refractivity contribution in [1.29, 1.82) is 0 Å². The number of thiocarbonyl (C=S) groups is 1. The van der Waals surface area contributed by atoms with Crippen LogP contribution in [0.2, 0.25) is 0 Å². The fourth-order valence-corrected chi connectivity index (χ4v) is 2.58. The van der Waals surface area contributed by atoms with Crippen molar-refractivity contribution in [3.63, 3.8) is 0 Å². The molecule has 0 aromatic heterocycles. The Morgan fingerprint density at radius 1 is 1.39 bits per heavy atom. The van der Waals surface area contributed by atoms with Crippen molar-refractivity contribution in [2.75, 3.05) is 7.05 Å². The standard InChI is InChI=1S/C12H16N2O2S.Na/c1-12(8-6-4-3-5-7-8)9(15)13-11(17)14(2)10(12)16;/h6H,3-5,7H2,1-2H3,(H,13,15,17);. The molecule has 0 aromatic carbocycles. The Labute approximate surface area is 134 Å². The van der Waals surface area contributed by atoms with Crippen LogP contribution < -0.4 is 5.32 Å². The summed E-state index contributed by atoms with van der Waals surface area (Å²) in [5.74, 6) is -0.516. The Kier molecular flexibility index (Phi) is 5.12. The molecule has 1 saturated heterocycles. The molecular formula is C12H16N2NaO2S. The largest absolute Gasteiger partial charge is 0.301 e. The van der Waals surface area contributed by atoms with E-state index >= 15 is 0 Å². The first kappa shape index (κ1) is 15.8. The number of rotatable bonds is 1. The Bertz CT molecular complexity index is 436. The summed E-state index contributed by atoms with van der Waals surface area (Å²) >= 11 is 4.94. The molecule has 0 spiro atoms. The predicted octanol–water partition coefficient (Wildman–Crippen LogP) is 0.985. The maximum absolute atomic E-state index is 12.3. The molecule has 2 amide bonds. The molecular weight excluding hydrogens is 259 g/mol. The van der Waals surface area contributed by atoms with E-state index in [0.717, 1.165) is 31.3 Å². The summed E-state index contributed by atoms with van der Waals surface area (Å²) < 4.78 is 0. The first-order valence-corrected chi connectivity index (χ1v) is 6.22. The maximum atomic E-state index is 12.3. The van der Waals surface area contributed by atoms with E-state index in [-0.39, 0.29) is 46.5 Å². The fourth-order valence-electron chi connectivity index (χ4n) is 2.41. The minimum atomic E-state index is -1.07.